The molecule has 0 radical (unpaired) electrons. The van der Waals surface area contributed by atoms with Gasteiger partial charge in [0.25, 0.3) is 0 Å². The third-order valence-electron chi connectivity index (χ3n) is 1.45. The minimum absolute atomic E-state index is 0.855. The average molecular weight is 133 g/mol. The summed E-state index contributed by atoms with van der Waals surface area (Å²) in [6.07, 6.45) is 3.84. The van der Waals surface area contributed by atoms with E-state index in [1.54, 1.807) is 0 Å². The predicted molar refractivity (Wildman–Crippen MR) is 43.9 cm³/mol. The van der Waals surface area contributed by atoms with Gasteiger partial charge in [0, 0.05) is 6.20 Å². The van der Waals surface area contributed by atoms with Gasteiger partial charge in [-0.1, -0.05) is 12.7 Å². The van der Waals surface area contributed by atoms with E-state index in [0.29, 0.717) is 0 Å². The summed E-state index contributed by atoms with van der Waals surface area (Å²) in [7, 11) is 0. The molecular weight excluding hydrogens is 122 g/mol. The van der Waals surface area contributed by atoms with Gasteiger partial charge in [-0.3, -0.25) is 4.98 Å². The van der Waals surface area contributed by atoms with Crippen molar-refractivity contribution in [1.29, 1.82) is 0 Å². The van der Waals surface area contributed by atoms with Crippen LogP contribution >= 0.6 is 0 Å². The van der Waals surface area contributed by atoms with E-state index in [0.717, 1.165) is 10.6 Å². The van der Waals surface area contributed by atoms with Gasteiger partial charge in [0.15, 0.2) is 0 Å². The van der Waals surface area contributed by atoms with Crippen molar-refractivity contribution in [1.82, 2.24) is 4.98 Å². The van der Waals surface area contributed by atoms with Crippen molar-refractivity contribution in [3.05, 3.63) is 28.4 Å². The minimum Gasteiger partial charge on any atom is -0.257 e. The SMILES string of the molecule is C=c1ncc(C)c/c1=C/C. The van der Waals surface area contributed by atoms with Crippen LogP contribution in [0.1, 0.15) is 12.5 Å². The van der Waals surface area contributed by atoms with E-state index < -0.39 is 0 Å². The summed E-state index contributed by atoms with van der Waals surface area (Å²) >= 11 is 0. The fourth-order valence-corrected chi connectivity index (χ4v) is 0.870. The van der Waals surface area contributed by atoms with Crippen molar-refractivity contribution >= 4 is 12.7 Å². The molecule has 1 aromatic rings. The Morgan fingerprint density at radius 1 is 1.60 bits per heavy atom. The first-order valence-electron chi connectivity index (χ1n) is 3.32. The summed E-state index contributed by atoms with van der Waals surface area (Å²) in [5, 5.41) is 1.98. The molecule has 0 atom stereocenters. The molecule has 0 saturated carbocycles. The quantitative estimate of drug-likeness (QED) is 0.505. The molecule has 0 aliphatic carbocycles. The number of aromatic nitrogens is 1. The largest absolute Gasteiger partial charge is 0.257 e. The first-order valence-corrected chi connectivity index (χ1v) is 3.32. The molecule has 0 spiro atoms. The van der Waals surface area contributed by atoms with Crippen LogP contribution in [0.2, 0.25) is 0 Å². The lowest BCUT2D eigenvalue weighted by molar-refractivity contribution is 1.19. The topological polar surface area (TPSA) is 12.9 Å². The summed E-state index contributed by atoms with van der Waals surface area (Å²) < 4.78 is 0. The Hall–Kier alpha value is -1.11. The maximum atomic E-state index is 4.11. The first-order chi connectivity index (χ1) is 4.74. The Balaban J connectivity index is 3.53. The molecule has 0 saturated heterocycles. The molecule has 0 amide bonds. The monoisotopic (exact) mass is 133 g/mol. The van der Waals surface area contributed by atoms with Crippen molar-refractivity contribution in [2.45, 2.75) is 13.8 Å². The molecule has 0 aliphatic heterocycles. The van der Waals surface area contributed by atoms with Crippen molar-refractivity contribution in [2.75, 3.05) is 0 Å². The molecule has 1 heterocycles. The summed E-state index contributed by atoms with van der Waals surface area (Å²) in [5.74, 6) is 0. The van der Waals surface area contributed by atoms with Gasteiger partial charge in [-0.15, -0.1) is 0 Å². The maximum Gasteiger partial charge on any atom is 0.0627 e. The Bertz CT molecular complexity index is 325. The molecule has 1 rings (SSSR count). The highest BCUT2D eigenvalue weighted by atomic mass is 14.6. The zero-order valence-corrected chi connectivity index (χ0v) is 6.39. The van der Waals surface area contributed by atoms with Crippen LogP contribution in [0.3, 0.4) is 0 Å². The number of hydrogen-bond acceptors (Lipinski definition) is 1. The first kappa shape index (κ1) is 7.00. The molecule has 52 valence electrons. The zero-order chi connectivity index (χ0) is 7.56. The fraction of sp³-hybridized carbons (Fsp3) is 0.222. The van der Waals surface area contributed by atoms with Crippen LogP contribution in [0.5, 0.6) is 0 Å². The van der Waals surface area contributed by atoms with Crippen molar-refractivity contribution in [2.24, 2.45) is 0 Å². The van der Waals surface area contributed by atoms with Crippen LogP contribution in [0.25, 0.3) is 12.7 Å². The lowest BCUT2D eigenvalue weighted by atomic mass is 10.2. The van der Waals surface area contributed by atoms with Gasteiger partial charge in [-0.05, 0) is 30.7 Å². The van der Waals surface area contributed by atoms with Crippen molar-refractivity contribution in [3.8, 4) is 0 Å². The Labute approximate surface area is 60.7 Å². The summed E-state index contributed by atoms with van der Waals surface area (Å²) in [6, 6.07) is 2.08. The van der Waals surface area contributed by atoms with Crippen molar-refractivity contribution in [3.63, 3.8) is 0 Å². The number of hydrogen-bond donors (Lipinski definition) is 0. The Kier molecular flexibility index (Phi) is 1.86. The van der Waals surface area contributed by atoms with E-state index in [2.05, 4.69) is 17.6 Å². The number of nitrogens with zero attached hydrogens (tertiary/aromatic N) is 1. The van der Waals surface area contributed by atoms with E-state index in [1.165, 1.54) is 5.56 Å². The molecule has 1 aromatic heterocycles. The van der Waals surface area contributed by atoms with E-state index in [-0.39, 0.29) is 0 Å². The summed E-state index contributed by atoms with van der Waals surface area (Å²) in [5.41, 5.74) is 1.18. The van der Waals surface area contributed by atoms with Crippen molar-refractivity contribution < 1.29 is 0 Å². The maximum absolute atomic E-state index is 4.11. The molecule has 1 nitrogen and oxygen atoms in total. The lowest BCUT2D eigenvalue weighted by Crippen LogP contribution is -2.25. The standard InChI is InChI=1S/C9H11N/c1-4-9-5-7(2)6-10-8(9)3/h4-6H,3H2,1-2H3/b9-4-. The third kappa shape index (κ3) is 1.24. The fourth-order valence-electron chi connectivity index (χ4n) is 0.870. The molecule has 0 unspecified atom stereocenters. The second-order valence-electron chi connectivity index (χ2n) is 2.34. The van der Waals surface area contributed by atoms with Crippen LogP contribution in [0.4, 0.5) is 0 Å². The Morgan fingerprint density at radius 3 is 2.80 bits per heavy atom. The van der Waals surface area contributed by atoms with E-state index in [1.807, 2.05) is 26.1 Å². The average Bonchev–Trinajstić information content (AvgIpc) is 1.94. The molecule has 0 aromatic carbocycles. The van der Waals surface area contributed by atoms with Gasteiger partial charge in [-0.25, -0.2) is 0 Å². The lowest BCUT2D eigenvalue weighted by Gasteiger charge is -1.89. The number of rotatable bonds is 0. The predicted octanol–water partition coefficient (Wildman–Crippen LogP) is 0.601. The van der Waals surface area contributed by atoms with Gasteiger partial charge in [0.05, 0.1) is 5.35 Å². The molecule has 10 heavy (non-hydrogen) atoms. The second kappa shape index (κ2) is 2.65. The van der Waals surface area contributed by atoms with Crippen LogP contribution in [-0.4, -0.2) is 4.98 Å². The van der Waals surface area contributed by atoms with Crippen LogP contribution in [-0.2, 0) is 0 Å². The van der Waals surface area contributed by atoms with Gasteiger partial charge in [0.1, 0.15) is 0 Å². The normalized spacial score (nSPS) is 12.0. The highest BCUT2D eigenvalue weighted by molar-refractivity contribution is 5.23. The van der Waals surface area contributed by atoms with Gasteiger partial charge < -0.3 is 0 Å². The third-order valence-corrected chi connectivity index (χ3v) is 1.45. The van der Waals surface area contributed by atoms with Gasteiger partial charge >= 0.3 is 0 Å². The molecule has 0 N–H and O–H groups in total. The van der Waals surface area contributed by atoms with Crippen LogP contribution < -0.4 is 10.6 Å². The highest BCUT2D eigenvalue weighted by Gasteiger charge is 1.83. The van der Waals surface area contributed by atoms with E-state index in [9.17, 15) is 0 Å². The van der Waals surface area contributed by atoms with E-state index >= 15 is 0 Å². The summed E-state index contributed by atoms with van der Waals surface area (Å²) in [4.78, 5) is 4.11. The van der Waals surface area contributed by atoms with E-state index in [4.69, 9.17) is 0 Å². The smallest absolute Gasteiger partial charge is 0.0627 e. The Morgan fingerprint density at radius 2 is 2.30 bits per heavy atom. The minimum atomic E-state index is 0.855. The number of pyridine rings is 1. The molecular formula is C9H11N. The molecule has 0 fully saturated rings. The van der Waals surface area contributed by atoms with Gasteiger partial charge in [-0.2, -0.15) is 0 Å². The summed E-state index contributed by atoms with van der Waals surface area (Å²) in [6.45, 7) is 7.81. The molecule has 0 bridgehead atoms. The van der Waals surface area contributed by atoms with Crippen LogP contribution in [0.15, 0.2) is 12.3 Å². The molecule has 0 aliphatic rings. The number of aryl methyl sites for hydroxylation is 1. The van der Waals surface area contributed by atoms with Crippen LogP contribution in [0, 0.1) is 6.92 Å². The van der Waals surface area contributed by atoms with Gasteiger partial charge in [0.2, 0.25) is 0 Å². The molecule has 1 heteroatoms. The zero-order valence-electron chi connectivity index (χ0n) is 6.39. The highest BCUT2D eigenvalue weighted by Crippen LogP contribution is 1.81. The second-order valence-corrected chi connectivity index (χ2v) is 2.34.